The van der Waals surface area contributed by atoms with Gasteiger partial charge in [-0.05, 0) is 36.8 Å². The maximum absolute atomic E-state index is 10.8. The quantitative estimate of drug-likeness (QED) is 0.732. The number of imidazole rings is 1. The summed E-state index contributed by atoms with van der Waals surface area (Å²) in [6, 6.07) is 15.5. The molecule has 0 aliphatic rings. The summed E-state index contributed by atoms with van der Waals surface area (Å²) in [6.07, 6.45) is 0.702. The second-order valence-corrected chi connectivity index (χ2v) is 5.62. The number of hydrogen-bond acceptors (Lipinski definition) is 2. The number of aromatic nitrogens is 2. The molecule has 3 rings (SSSR count). The second kappa shape index (κ2) is 6.20. The molecule has 1 amide bonds. The van der Waals surface area contributed by atoms with Crippen molar-refractivity contribution in [2.75, 3.05) is 0 Å². The summed E-state index contributed by atoms with van der Waals surface area (Å²) >= 11 is 6.07. The van der Waals surface area contributed by atoms with Crippen molar-refractivity contribution in [2.24, 2.45) is 0 Å². The van der Waals surface area contributed by atoms with Gasteiger partial charge in [0, 0.05) is 11.6 Å². The molecule has 2 aromatic carbocycles. The van der Waals surface area contributed by atoms with Crippen LogP contribution in [0.1, 0.15) is 24.4 Å². The molecule has 1 heterocycles. The molecule has 0 spiro atoms. The summed E-state index contributed by atoms with van der Waals surface area (Å²) < 4.78 is 2.11. The number of carbonyl (C=O) groups is 1. The van der Waals surface area contributed by atoms with Gasteiger partial charge in [-0.1, -0.05) is 35.9 Å². The van der Waals surface area contributed by atoms with Crippen molar-refractivity contribution in [3.63, 3.8) is 0 Å². The minimum absolute atomic E-state index is 0.163. The van der Waals surface area contributed by atoms with Crippen molar-refractivity contribution in [3.05, 3.63) is 64.9 Å². The number of fused-ring (bicyclic) bond motifs is 1. The van der Waals surface area contributed by atoms with E-state index in [0.717, 1.165) is 22.4 Å². The Bertz CT molecular complexity index is 813. The second-order valence-electron chi connectivity index (χ2n) is 5.18. The van der Waals surface area contributed by atoms with Crippen LogP contribution in [0.3, 0.4) is 0 Å². The summed E-state index contributed by atoms with van der Waals surface area (Å²) in [5.74, 6) is 0.827. The van der Waals surface area contributed by atoms with Gasteiger partial charge in [-0.25, -0.2) is 4.98 Å². The van der Waals surface area contributed by atoms with Gasteiger partial charge in [0.15, 0.2) is 0 Å². The van der Waals surface area contributed by atoms with Crippen LogP contribution in [0, 0.1) is 0 Å². The van der Waals surface area contributed by atoms with Gasteiger partial charge in [0.2, 0.25) is 6.41 Å². The summed E-state index contributed by atoms with van der Waals surface area (Å²) in [6.45, 7) is 2.57. The van der Waals surface area contributed by atoms with Crippen molar-refractivity contribution >= 4 is 29.0 Å². The van der Waals surface area contributed by atoms with Gasteiger partial charge in [-0.2, -0.15) is 0 Å². The number of rotatable bonds is 5. The van der Waals surface area contributed by atoms with Gasteiger partial charge in [0.25, 0.3) is 0 Å². The minimum Gasteiger partial charge on any atom is -0.349 e. The van der Waals surface area contributed by atoms with Crippen LogP contribution in [-0.2, 0) is 11.3 Å². The Morgan fingerprint density at radius 1 is 1.27 bits per heavy atom. The Kier molecular flexibility index (Phi) is 4.11. The van der Waals surface area contributed by atoms with E-state index >= 15 is 0 Å². The standard InChI is InChI=1S/C17H16ClN3O/c1-12(19-11-22)17-20-15-7-2-3-8-16(15)21(17)10-13-5-4-6-14(18)9-13/h2-9,11-12H,10H2,1H3,(H,19,22). The van der Waals surface area contributed by atoms with E-state index in [1.165, 1.54) is 0 Å². The third-order valence-electron chi connectivity index (χ3n) is 3.62. The fraction of sp³-hybridized carbons (Fsp3) is 0.176. The van der Waals surface area contributed by atoms with Crippen LogP contribution >= 0.6 is 11.6 Å². The van der Waals surface area contributed by atoms with E-state index in [1.54, 1.807) is 0 Å². The predicted octanol–water partition coefficient (Wildman–Crippen LogP) is 3.55. The number of nitrogens with zero attached hydrogens (tertiary/aromatic N) is 2. The minimum atomic E-state index is -0.163. The zero-order chi connectivity index (χ0) is 15.5. The van der Waals surface area contributed by atoms with Crippen LogP contribution in [0.15, 0.2) is 48.5 Å². The number of nitrogens with one attached hydrogen (secondary N) is 1. The molecule has 1 atom stereocenters. The first-order chi connectivity index (χ1) is 10.7. The van der Waals surface area contributed by atoms with Crippen LogP contribution < -0.4 is 5.32 Å². The lowest BCUT2D eigenvalue weighted by atomic mass is 10.2. The van der Waals surface area contributed by atoms with E-state index in [1.807, 2.05) is 55.5 Å². The molecule has 1 aromatic heterocycles. The largest absolute Gasteiger partial charge is 0.349 e. The molecule has 1 unspecified atom stereocenters. The normalized spacial score (nSPS) is 12.3. The monoisotopic (exact) mass is 313 g/mol. The van der Waals surface area contributed by atoms with E-state index in [2.05, 4.69) is 14.9 Å². The van der Waals surface area contributed by atoms with Crippen molar-refractivity contribution < 1.29 is 4.79 Å². The first-order valence-corrected chi connectivity index (χ1v) is 7.46. The molecule has 4 nitrogen and oxygen atoms in total. The lowest BCUT2D eigenvalue weighted by molar-refractivity contribution is -0.110. The van der Waals surface area contributed by atoms with Gasteiger partial charge in [0.05, 0.1) is 17.1 Å². The highest BCUT2D eigenvalue weighted by atomic mass is 35.5. The molecule has 0 saturated heterocycles. The molecule has 0 radical (unpaired) electrons. The maximum Gasteiger partial charge on any atom is 0.207 e. The van der Waals surface area contributed by atoms with Crippen LogP contribution in [0.2, 0.25) is 5.02 Å². The van der Waals surface area contributed by atoms with Crippen molar-refractivity contribution in [3.8, 4) is 0 Å². The topological polar surface area (TPSA) is 46.9 Å². The molecular formula is C17H16ClN3O. The number of amides is 1. The van der Waals surface area contributed by atoms with Crippen LogP contribution in [0.4, 0.5) is 0 Å². The summed E-state index contributed by atoms with van der Waals surface area (Å²) in [4.78, 5) is 15.4. The summed E-state index contributed by atoms with van der Waals surface area (Å²) in [5.41, 5.74) is 3.05. The van der Waals surface area contributed by atoms with E-state index < -0.39 is 0 Å². The van der Waals surface area contributed by atoms with Gasteiger partial charge in [0.1, 0.15) is 5.82 Å². The maximum atomic E-state index is 10.8. The fourth-order valence-corrected chi connectivity index (χ4v) is 2.80. The Morgan fingerprint density at radius 2 is 2.09 bits per heavy atom. The Hall–Kier alpha value is -2.33. The highest BCUT2D eigenvalue weighted by molar-refractivity contribution is 6.30. The van der Waals surface area contributed by atoms with Gasteiger partial charge in [-0.3, -0.25) is 4.79 Å². The molecule has 0 aliphatic carbocycles. The number of carbonyl (C=O) groups excluding carboxylic acids is 1. The molecule has 0 bridgehead atoms. The summed E-state index contributed by atoms with van der Waals surface area (Å²) in [7, 11) is 0. The molecule has 1 N–H and O–H groups in total. The molecule has 0 aliphatic heterocycles. The van der Waals surface area contributed by atoms with E-state index in [-0.39, 0.29) is 6.04 Å². The number of para-hydroxylation sites is 2. The fourth-order valence-electron chi connectivity index (χ4n) is 2.59. The SMILES string of the molecule is CC(NC=O)c1nc2ccccc2n1Cc1cccc(Cl)c1. The average molecular weight is 314 g/mol. The van der Waals surface area contributed by atoms with Crippen LogP contribution in [0.5, 0.6) is 0 Å². The Labute approximate surface area is 133 Å². The molecule has 3 aromatic rings. The molecule has 112 valence electrons. The van der Waals surface area contributed by atoms with E-state index in [4.69, 9.17) is 11.6 Å². The van der Waals surface area contributed by atoms with E-state index in [9.17, 15) is 4.79 Å². The highest BCUT2D eigenvalue weighted by Gasteiger charge is 2.16. The third kappa shape index (κ3) is 2.83. The van der Waals surface area contributed by atoms with Crippen LogP contribution in [0.25, 0.3) is 11.0 Å². The lowest BCUT2D eigenvalue weighted by Crippen LogP contribution is -2.20. The van der Waals surface area contributed by atoms with Crippen molar-refractivity contribution in [1.82, 2.24) is 14.9 Å². The van der Waals surface area contributed by atoms with Gasteiger partial charge < -0.3 is 9.88 Å². The van der Waals surface area contributed by atoms with Gasteiger partial charge >= 0.3 is 0 Å². The molecule has 22 heavy (non-hydrogen) atoms. The molecular weight excluding hydrogens is 298 g/mol. The van der Waals surface area contributed by atoms with Crippen LogP contribution in [-0.4, -0.2) is 16.0 Å². The number of benzene rings is 2. The van der Waals surface area contributed by atoms with Gasteiger partial charge in [-0.15, -0.1) is 0 Å². The average Bonchev–Trinajstić information content (AvgIpc) is 2.87. The first kappa shape index (κ1) is 14.6. The predicted molar refractivity (Wildman–Crippen MR) is 87.9 cm³/mol. The van der Waals surface area contributed by atoms with Crippen molar-refractivity contribution in [1.29, 1.82) is 0 Å². The number of halogens is 1. The van der Waals surface area contributed by atoms with E-state index in [0.29, 0.717) is 18.0 Å². The molecule has 0 saturated carbocycles. The zero-order valence-corrected chi connectivity index (χ0v) is 12.9. The lowest BCUT2D eigenvalue weighted by Gasteiger charge is -2.14. The Morgan fingerprint density at radius 3 is 2.86 bits per heavy atom. The highest BCUT2D eigenvalue weighted by Crippen LogP contribution is 2.22. The molecule has 5 heteroatoms. The Balaban J connectivity index is 2.09. The first-order valence-electron chi connectivity index (χ1n) is 7.08. The summed E-state index contributed by atoms with van der Waals surface area (Å²) in [5, 5.41) is 3.48. The zero-order valence-electron chi connectivity index (χ0n) is 12.2. The smallest absolute Gasteiger partial charge is 0.207 e. The third-order valence-corrected chi connectivity index (χ3v) is 3.85. The van der Waals surface area contributed by atoms with Crippen molar-refractivity contribution in [2.45, 2.75) is 19.5 Å². The number of hydrogen-bond donors (Lipinski definition) is 1. The molecule has 0 fully saturated rings.